The van der Waals surface area contributed by atoms with E-state index in [-0.39, 0.29) is 23.2 Å². The lowest BCUT2D eigenvalue weighted by molar-refractivity contribution is -0.118. The lowest BCUT2D eigenvalue weighted by Crippen LogP contribution is -2.24. The highest BCUT2D eigenvalue weighted by Crippen LogP contribution is 2.15. The summed E-state index contributed by atoms with van der Waals surface area (Å²) in [6, 6.07) is 8.02. The van der Waals surface area contributed by atoms with Gasteiger partial charge in [-0.3, -0.25) is 14.6 Å². The van der Waals surface area contributed by atoms with Crippen LogP contribution in [-0.2, 0) is 9.53 Å². The highest BCUT2D eigenvalue weighted by molar-refractivity contribution is 9.10. The Balaban J connectivity index is 2.01. The maximum atomic E-state index is 12.4. The second-order valence-electron chi connectivity index (χ2n) is 6.02. The number of anilines is 1. The zero-order chi connectivity index (χ0) is 19.3. The second kappa shape index (κ2) is 8.71. The van der Waals surface area contributed by atoms with Gasteiger partial charge in [0.2, 0.25) is 11.7 Å². The van der Waals surface area contributed by atoms with E-state index in [4.69, 9.17) is 4.74 Å². The van der Waals surface area contributed by atoms with Crippen LogP contribution < -0.4 is 5.32 Å². The molecule has 0 aliphatic carbocycles. The Kier molecular flexibility index (Phi) is 6.63. The molecule has 1 N–H and O–H groups in total. The largest absolute Gasteiger partial charge is 0.451 e. The summed E-state index contributed by atoms with van der Waals surface area (Å²) in [5.41, 5.74) is 1.25. The summed E-state index contributed by atoms with van der Waals surface area (Å²) in [7, 11) is 0. The van der Waals surface area contributed by atoms with Gasteiger partial charge in [-0.05, 0) is 53.2 Å². The van der Waals surface area contributed by atoms with Crippen LogP contribution in [0.4, 0.5) is 5.69 Å². The molecule has 0 aliphatic heterocycles. The van der Waals surface area contributed by atoms with E-state index in [1.807, 2.05) is 0 Å². The lowest BCUT2D eigenvalue weighted by atomic mass is 10.1. The number of esters is 1. The Morgan fingerprint density at radius 1 is 1.04 bits per heavy atom. The first-order chi connectivity index (χ1) is 12.3. The molecule has 6 nitrogen and oxygen atoms in total. The van der Waals surface area contributed by atoms with Crippen LogP contribution in [-0.4, -0.2) is 28.7 Å². The maximum Gasteiger partial charge on any atom is 0.340 e. The molecule has 2 rings (SSSR count). The number of amides is 1. The molecule has 0 bridgehead atoms. The Bertz CT molecular complexity index is 819. The van der Waals surface area contributed by atoms with Gasteiger partial charge in [0, 0.05) is 34.0 Å². The van der Waals surface area contributed by atoms with Crippen LogP contribution in [0.2, 0.25) is 0 Å². The fourth-order valence-corrected chi connectivity index (χ4v) is 2.41. The normalized spacial score (nSPS) is 11.7. The number of Topliss-reactive ketones (excluding diaryl/α,β-unsaturated/α-hetero) is 1. The number of carbonyl (C=O) groups excluding carboxylic acids is 3. The van der Waals surface area contributed by atoms with Crippen LogP contribution in [0.15, 0.2) is 47.2 Å². The van der Waals surface area contributed by atoms with Crippen molar-refractivity contribution >= 4 is 39.3 Å². The number of nitrogens with one attached hydrogen (secondary N) is 1. The van der Waals surface area contributed by atoms with Crippen LogP contribution in [0.25, 0.3) is 0 Å². The third-order valence-electron chi connectivity index (χ3n) is 3.55. The molecule has 0 saturated carbocycles. The van der Waals surface area contributed by atoms with E-state index in [1.54, 1.807) is 50.4 Å². The summed E-state index contributed by atoms with van der Waals surface area (Å²) in [5.74, 6) is -1.19. The zero-order valence-electron chi connectivity index (χ0n) is 14.7. The molecule has 26 heavy (non-hydrogen) atoms. The topological polar surface area (TPSA) is 85.4 Å². The van der Waals surface area contributed by atoms with Gasteiger partial charge in [0.1, 0.15) is 0 Å². The van der Waals surface area contributed by atoms with Crippen LogP contribution in [0.1, 0.15) is 41.5 Å². The van der Waals surface area contributed by atoms with Crippen molar-refractivity contribution in [2.75, 3.05) is 5.32 Å². The summed E-state index contributed by atoms with van der Waals surface area (Å²) in [6.07, 6.45) is 1.97. The van der Waals surface area contributed by atoms with Gasteiger partial charge in [0.05, 0.1) is 5.56 Å². The van der Waals surface area contributed by atoms with E-state index < -0.39 is 12.1 Å². The maximum absolute atomic E-state index is 12.4. The highest BCUT2D eigenvalue weighted by Gasteiger charge is 2.21. The molecule has 1 aromatic carbocycles. The smallest absolute Gasteiger partial charge is 0.340 e. The van der Waals surface area contributed by atoms with Crippen LogP contribution in [0, 0.1) is 5.92 Å². The zero-order valence-corrected chi connectivity index (χ0v) is 16.2. The molecule has 0 spiro atoms. The fourth-order valence-electron chi connectivity index (χ4n) is 2.04. The van der Waals surface area contributed by atoms with Crippen LogP contribution in [0.5, 0.6) is 0 Å². The van der Waals surface area contributed by atoms with E-state index in [9.17, 15) is 14.4 Å². The number of halogens is 1. The number of benzene rings is 1. The van der Waals surface area contributed by atoms with Crippen LogP contribution in [0.3, 0.4) is 0 Å². The van der Waals surface area contributed by atoms with Crippen molar-refractivity contribution in [3.05, 3.63) is 58.3 Å². The van der Waals surface area contributed by atoms with Crippen molar-refractivity contribution in [2.24, 2.45) is 5.92 Å². The molecule has 7 heteroatoms. The second-order valence-corrected chi connectivity index (χ2v) is 6.94. The molecule has 2 aromatic rings. The standard InChI is InChI=1S/C19H19BrN2O4/c1-11(2)18(24)22-16-6-4-13(5-7-16)17(23)12(3)26-19(25)14-8-15(20)10-21-9-14/h4-12H,1-3H3,(H,22,24). The van der Waals surface area contributed by atoms with Gasteiger partial charge in [-0.25, -0.2) is 4.79 Å². The molecule has 1 heterocycles. The molecule has 1 amide bonds. The summed E-state index contributed by atoms with van der Waals surface area (Å²) < 4.78 is 5.86. The fraction of sp³-hybridized carbons (Fsp3) is 0.263. The van der Waals surface area contributed by atoms with Crippen molar-refractivity contribution < 1.29 is 19.1 Å². The third-order valence-corrected chi connectivity index (χ3v) is 3.99. The van der Waals surface area contributed by atoms with Gasteiger partial charge in [-0.2, -0.15) is 0 Å². The van der Waals surface area contributed by atoms with Crippen molar-refractivity contribution in [1.29, 1.82) is 0 Å². The number of pyridine rings is 1. The Morgan fingerprint density at radius 2 is 1.69 bits per heavy atom. The average Bonchev–Trinajstić information content (AvgIpc) is 2.61. The number of rotatable bonds is 6. The molecule has 0 saturated heterocycles. The monoisotopic (exact) mass is 418 g/mol. The summed E-state index contributed by atoms with van der Waals surface area (Å²) >= 11 is 3.23. The van der Waals surface area contributed by atoms with Crippen molar-refractivity contribution in [3.8, 4) is 0 Å². The first kappa shape index (κ1) is 19.8. The van der Waals surface area contributed by atoms with E-state index in [0.717, 1.165) is 0 Å². The summed E-state index contributed by atoms with van der Waals surface area (Å²) in [6.45, 7) is 5.11. The number of ketones is 1. The molecule has 0 fully saturated rings. The van der Waals surface area contributed by atoms with Crippen molar-refractivity contribution in [1.82, 2.24) is 4.98 Å². The molecule has 136 valence electrons. The quantitative estimate of drug-likeness (QED) is 0.568. The van der Waals surface area contributed by atoms with Crippen molar-refractivity contribution in [3.63, 3.8) is 0 Å². The van der Waals surface area contributed by atoms with Crippen LogP contribution >= 0.6 is 15.9 Å². The van der Waals surface area contributed by atoms with Gasteiger partial charge >= 0.3 is 5.97 Å². The van der Waals surface area contributed by atoms with Gasteiger partial charge in [0.15, 0.2) is 6.10 Å². The van der Waals surface area contributed by atoms with E-state index in [2.05, 4.69) is 26.2 Å². The first-order valence-corrected chi connectivity index (χ1v) is 8.84. The minimum Gasteiger partial charge on any atom is -0.451 e. The van der Waals surface area contributed by atoms with Gasteiger partial charge in [-0.15, -0.1) is 0 Å². The number of carbonyl (C=O) groups is 3. The SMILES string of the molecule is CC(C)C(=O)Nc1ccc(C(=O)C(C)OC(=O)c2cncc(Br)c2)cc1. The van der Waals surface area contributed by atoms with Gasteiger partial charge in [0.25, 0.3) is 0 Å². The minimum absolute atomic E-state index is 0.103. The minimum atomic E-state index is -0.947. The Morgan fingerprint density at radius 3 is 2.27 bits per heavy atom. The molecule has 1 unspecified atom stereocenters. The lowest BCUT2D eigenvalue weighted by Gasteiger charge is -2.13. The number of aromatic nitrogens is 1. The first-order valence-electron chi connectivity index (χ1n) is 8.04. The summed E-state index contributed by atoms with van der Waals surface area (Å²) in [4.78, 5) is 40.1. The molecular formula is C19H19BrN2O4. The molecular weight excluding hydrogens is 400 g/mol. The Labute approximate surface area is 160 Å². The van der Waals surface area contributed by atoms with E-state index >= 15 is 0 Å². The van der Waals surface area contributed by atoms with E-state index in [0.29, 0.717) is 15.7 Å². The third kappa shape index (κ3) is 5.23. The average molecular weight is 419 g/mol. The molecule has 0 radical (unpaired) electrons. The highest BCUT2D eigenvalue weighted by atomic mass is 79.9. The number of nitrogens with zero attached hydrogens (tertiary/aromatic N) is 1. The van der Waals surface area contributed by atoms with E-state index in [1.165, 1.54) is 13.1 Å². The summed E-state index contributed by atoms with van der Waals surface area (Å²) in [5, 5.41) is 2.75. The van der Waals surface area contributed by atoms with Gasteiger partial charge in [-0.1, -0.05) is 13.8 Å². The number of hydrogen-bond donors (Lipinski definition) is 1. The molecule has 0 aliphatic rings. The molecule has 1 aromatic heterocycles. The van der Waals surface area contributed by atoms with Crippen molar-refractivity contribution in [2.45, 2.75) is 26.9 Å². The predicted octanol–water partition coefficient (Wildman–Crippen LogP) is 3.87. The molecule has 1 atom stereocenters. The predicted molar refractivity (Wildman–Crippen MR) is 101 cm³/mol. The Hall–Kier alpha value is -2.54. The number of ether oxygens (including phenoxy) is 1. The number of hydrogen-bond acceptors (Lipinski definition) is 5. The van der Waals surface area contributed by atoms with Gasteiger partial charge < -0.3 is 10.1 Å².